The maximum Gasteiger partial charge on any atom is 0.0951 e. The van der Waals surface area contributed by atoms with Gasteiger partial charge in [-0.05, 0) is 43.6 Å². The van der Waals surface area contributed by atoms with Gasteiger partial charge >= 0.3 is 0 Å². The van der Waals surface area contributed by atoms with Crippen LogP contribution in [0.3, 0.4) is 0 Å². The van der Waals surface area contributed by atoms with E-state index in [1.165, 1.54) is 24.1 Å². The fraction of sp³-hybridized carbons (Fsp3) is 0.400. The molecule has 0 aliphatic carbocycles. The van der Waals surface area contributed by atoms with Gasteiger partial charge in [-0.1, -0.05) is 23.7 Å². The molecule has 100 valence electrons. The van der Waals surface area contributed by atoms with E-state index in [-0.39, 0.29) is 0 Å². The molecular formula is C15H18ClN3. The van der Waals surface area contributed by atoms with E-state index in [9.17, 15) is 0 Å². The molecule has 0 radical (unpaired) electrons. The molecule has 1 saturated heterocycles. The number of nitrogens with one attached hydrogen (secondary N) is 1. The molecule has 1 N–H and O–H groups in total. The van der Waals surface area contributed by atoms with Gasteiger partial charge in [0.1, 0.15) is 0 Å². The van der Waals surface area contributed by atoms with Gasteiger partial charge in [0.2, 0.25) is 0 Å². The second kappa shape index (κ2) is 5.76. The Kier molecular flexibility index (Phi) is 3.85. The van der Waals surface area contributed by atoms with Crippen molar-refractivity contribution in [2.75, 3.05) is 13.1 Å². The van der Waals surface area contributed by atoms with Gasteiger partial charge in [0, 0.05) is 29.4 Å². The molecule has 1 fully saturated rings. The normalized spacial score (nSPS) is 16.7. The molecule has 3 nitrogen and oxygen atoms in total. The van der Waals surface area contributed by atoms with Crippen molar-refractivity contribution in [3.05, 3.63) is 53.1 Å². The van der Waals surface area contributed by atoms with E-state index >= 15 is 0 Å². The van der Waals surface area contributed by atoms with Gasteiger partial charge in [0.05, 0.1) is 6.33 Å². The summed E-state index contributed by atoms with van der Waals surface area (Å²) in [5, 5.41) is 4.20. The number of halogens is 1. The molecule has 19 heavy (non-hydrogen) atoms. The Hall–Kier alpha value is -1.32. The number of rotatable bonds is 3. The van der Waals surface area contributed by atoms with Crippen LogP contribution in [0, 0.1) is 0 Å². The minimum absolute atomic E-state index is 0.628. The largest absolute Gasteiger partial charge is 0.330 e. The number of hydrogen-bond donors (Lipinski definition) is 1. The molecular weight excluding hydrogens is 258 g/mol. The molecule has 1 aromatic heterocycles. The fourth-order valence-electron chi connectivity index (χ4n) is 2.75. The van der Waals surface area contributed by atoms with E-state index in [2.05, 4.69) is 20.9 Å². The zero-order valence-corrected chi connectivity index (χ0v) is 11.6. The molecule has 4 heteroatoms. The predicted octanol–water partition coefficient (Wildman–Crippen LogP) is 3.05. The Bertz CT molecular complexity index is 544. The smallest absolute Gasteiger partial charge is 0.0951 e. The summed E-state index contributed by atoms with van der Waals surface area (Å²) in [6, 6.07) is 8.04. The molecule has 3 rings (SSSR count). The Morgan fingerprint density at radius 3 is 2.95 bits per heavy atom. The second-order valence-electron chi connectivity index (χ2n) is 5.10. The van der Waals surface area contributed by atoms with Crippen molar-refractivity contribution in [3.8, 4) is 0 Å². The SMILES string of the molecule is Clc1cccc(Cn2cncc2C2CCNCC2)c1. The van der Waals surface area contributed by atoms with Crippen LogP contribution in [0.25, 0.3) is 0 Å². The minimum Gasteiger partial charge on any atom is -0.330 e. The van der Waals surface area contributed by atoms with Crippen LogP contribution in [-0.4, -0.2) is 22.6 Å². The summed E-state index contributed by atoms with van der Waals surface area (Å²) < 4.78 is 2.25. The van der Waals surface area contributed by atoms with Gasteiger partial charge in [0.25, 0.3) is 0 Å². The number of benzene rings is 1. The second-order valence-corrected chi connectivity index (χ2v) is 5.54. The van der Waals surface area contributed by atoms with Gasteiger partial charge in [-0.2, -0.15) is 0 Å². The highest BCUT2D eigenvalue weighted by Crippen LogP contribution is 2.25. The molecule has 1 aromatic carbocycles. The van der Waals surface area contributed by atoms with Crippen LogP contribution >= 0.6 is 11.6 Å². The van der Waals surface area contributed by atoms with Crippen LogP contribution in [-0.2, 0) is 6.54 Å². The van der Waals surface area contributed by atoms with E-state index < -0.39 is 0 Å². The highest BCUT2D eigenvalue weighted by Gasteiger charge is 2.18. The van der Waals surface area contributed by atoms with E-state index in [1.54, 1.807) is 0 Å². The van der Waals surface area contributed by atoms with E-state index in [1.807, 2.05) is 30.7 Å². The molecule has 1 aliphatic rings. The first-order valence-corrected chi connectivity index (χ1v) is 7.16. The highest BCUT2D eigenvalue weighted by molar-refractivity contribution is 6.30. The van der Waals surface area contributed by atoms with Crippen molar-refractivity contribution >= 4 is 11.6 Å². The van der Waals surface area contributed by atoms with E-state index in [0.29, 0.717) is 5.92 Å². The van der Waals surface area contributed by atoms with Crippen molar-refractivity contribution in [2.24, 2.45) is 0 Å². The monoisotopic (exact) mass is 275 g/mol. The summed E-state index contributed by atoms with van der Waals surface area (Å²) in [7, 11) is 0. The maximum absolute atomic E-state index is 6.04. The molecule has 0 saturated carbocycles. The number of aromatic nitrogens is 2. The Balaban J connectivity index is 1.80. The first-order valence-electron chi connectivity index (χ1n) is 6.78. The minimum atomic E-state index is 0.628. The molecule has 0 bridgehead atoms. The van der Waals surface area contributed by atoms with Crippen LogP contribution < -0.4 is 5.32 Å². The Morgan fingerprint density at radius 2 is 2.16 bits per heavy atom. The average Bonchev–Trinajstić information content (AvgIpc) is 2.88. The molecule has 0 spiro atoms. The average molecular weight is 276 g/mol. The van der Waals surface area contributed by atoms with Crippen LogP contribution in [0.1, 0.15) is 30.0 Å². The summed E-state index contributed by atoms with van der Waals surface area (Å²) in [6.45, 7) is 3.06. The number of nitrogens with zero attached hydrogens (tertiary/aromatic N) is 2. The number of piperidine rings is 1. The molecule has 2 aromatic rings. The maximum atomic E-state index is 6.04. The molecule has 2 heterocycles. The standard InChI is InChI=1S/C15H18ClN3/c16-14-3-1-2-12(8-14)10-19-11-18-9-15(19)13-4-6-17-7-5-13/h1-3,8-9,11,13,17H,4-7,10H2. The lowest BCUT2D eigenvalue weighted by Crippen LogP contribution is -2.27. The lowest BCUT2D eigenvalue weighted by Gasteiger charge is -2.23. The molecule has 1 aliphatic heterocycles. The van der Waals surface area contributed by atoms with E-state index in [0.717, 1.165) is 24.7 Å². The fourth-order valence-corrected chi connectivity index (χ4v) is 2.97. The van der Waals surface area contributed by atoms with Gasteiger partial charge in [-0.15, -0.1) is 0 Å². The van der Waals surface area contributed by atoms with Crippen molar-refractivity contribution < 1.29 is 0 Å². The third-order valence-electron chi connectivity index (χ3n) is 3.74. The van der Waals surface area contributed by atoms with Gasteiger partial charge < -0.3 is 9.88 Å². The number of imidazole rings is 1. The first-order chi connectivity index (χ1) is 9.33. The lowest BCUT2D eigenvalue weighted by molar-refractivity contribution is 0.442. The zero-order valence-electron chi connectivity index (χ0n) is 10.8. The van der Waals surface area contributed by atoms with Crippen molar-refractivity contribution in [1.82, 2.24) is 14.9 Å². The topological polar surface area (TPSA) is 29.9 Å². The van der Waals surface area contributed by atoms with Crippen molar-refractivity contribution in [1.29, 1.82) is 0 Å². The molecule has 0 atom stereocenters. The van der Waals surface area contributed by atoms with Crippen LogP contribution in [0.15, 0.2) is 36.8 Å². The quantitative estimate of drug-likeness (QED) is 0.933. The van der Waals surface area contributed by atoms with Crippen LogP contribution in [0.4, 0.5) is 0 Å². The summed E-state index contributed by atoms with van der Waals surface area (Å²) in [5.74, 6) is 0.628. The van der Waals surface area contributed by atoms with E-state index in [4.69, 9.17) is 11.6 Å². The summed E-state index contributed by atoms with van der Waals surface area (Å²) >= 11 is 6.04. The summed E-state index contributed by atoms with van der Waals surface area (Å²) in [6.07, 6.45) is 6.33. The van der Waals surface area contributed by atoms with Crippen LogP contribution in [0.2, 0.25) is 5.02 Å². The van der Waals surface area contributed by atoms with Crippen molar-refractivity contribution in [3.63, 3.8) is 0 Å². The van der Waals surface area contributed by atoms with Crippen LogP contribution in [0.5, 0.6) is 0 Å². The van der Waals surface area contributed by atoms with Gasteiger partial charge in [-0.3, -0.25) is 0 Å². The van der Waals surface area contributed by atoms with Crippen molar-refractivity contribution in [2.45, 2.75) is 25.3 Å². The third kappa shape index (κ3) is 2.99. The lowest BCUT2D eigenvalue weighted by atomic mass is 9.95. The predicted molar refractivity (Wildman–Crippen MR) is 77.6 cm³/mol. The molecule has 0 amide bonds. The zero-order chi connectivity index (χ0) is 13.1. The first kappa shape index (κ1) is 12.7. The highest BCUT2D eigenvalue weighted by atomic mass is 35.5. The Labute approximate surface area is 118 Å². The third-order valence-corrected chi connectivity index (χ3v) is 3.98. The number of hydrogen-bond acceptors (Lipinski definition) is 2. The Morgan fingerprint density at radius 1 is 1.32 bits per heavy atom. The van der Waals surface area contributed by atoms with Gasteiger partial charge in [0.15, 0.2) is 0 Å². The molecule has 0 unspecified atom stereocenters. The summed E-state index contributed by atoms with van der Waals surface area (Å²) in [4.78, 5) is 4.33. The summed E-state index contributed by atoms with van der Waals surface area (Å²) in [5.41, 5.74) is 2.57. The van der Waals surface area contributed by atoms with Gasteiger partial charge in [-0.25, -0.2) is 4.98 Å².